The normalized spacial score (nSPS) is 11.9. The summed E-state index contributed by atoms with van der Waals surface area (Å²) >= 11 is 4.83. The highest BCUT2D eigenvalue weighted by molar-refractivity contribution is 9.11. The average molecular weight is 336 g/mol. The summed E-state index contributed by atoms with van der Waals surface area (Å²) in [5.41, 5.74) is 0. The van der Waals surface area contributed by atoms with Gasteiger partial charge in [-0.3, -0.25) is 4.68 Å². The van der Waals surface area contributed by atoms with Gasteiger partial charge in [0.1, 0.15) is 0 Å². The Hall–Kier alpha value is -0.700. The summed E-state index contributed by atoms with van der Waals surface area (Å²) in [5.74, 6) is 0. The first-order chi connectivity index (χ1) is 7.99. The van der Waals surface area contributed by atoms with E-state index in [4.69, 9.17) is 0 Å². The van der Waals surface area contributed by atoms with Gasteiger partial charge in [-0.15, -0.1) is 11.3 Å². The third-order valence-corrected chi connectivity index (χ3v) is 5.22. The van der Waals surface area contributed by atoms with Gasteiger partial charge >= 0.3 is 0 Å². The molecule has 0 fully saturated rings. The number of halogens is 1. The molecule has 0 aliphatic heterocycles. The van der Waals surface area contributed by atoms with Gasteiger partial charge in [-0.2, -0.15) is 5.10 Å². The fourth-order valence-electron chi connectivity index (χ4n) is 1.31. The molecule has 0 saturated carbocycles. The van der Waals surface area contributed by atoms with Crippen LogP contribution in [0.15, 0.2) is 33.2 Å². The van der Waals surface area contributed by atoms with E-state index in [-0.39, 0.29) is 11.6 Å². The van der Waals surface area contributed by atoms with Crippen molar-refractivity contribution < 1.29 is 8.42 Å². The summed E-state index contributed by atoms with van der Waals surface area (Å²) in [6.07, 6.45) is 1.45. The van der Waals surface area contributed by atoms with Crippen molar-refractivity contribution in [2.24, 2.45) is 7.05 Å². The number of aromatic nitrogens is 2. The Morgan fingerprint density at radius 1 is 1.47 bits per heavy atom. The van der Waals surface area contributed by atoms with Crippen molar-refractivity contribution in [3.63, 3.8) is 0 Å². The highest BCUT2D eigenvalue weighted by Gasteiger charge is 2.17. The third kappa shape index (κ3) is 2.95. The standard InChI is InChI=1S/C9H10BrN3O2S2/c1-13-9(4-5-11-13)17(14,15)12-6-7-2-3-8(10)16-7/h2-5,12H,6H2,1H3. The van der Waals surface area contributed by atoms with Gasteiger partial charge in [-0.1, -0.05) is 0 Å². The lowest BCUT2D eigenvalue weighted by atomic mass is 10.5. The summed E-state index contributed by atoms with van der Waals surface area (Å²) in [4.78, 5) is 0.947. The van der Waals surface area contributed by atoms with Gasteiger partial charge < -0.3 is 0 Å². The van der Waals surface area contributed by atoms with E-state index in [2.05, 4.69) is 25.8 Å². The molecule has 17 heavy (non-hydrogen) atoms. The first-order valence-electron chi connectivity index (χ1n) is 4.71. The first kappa shape index (κ1) is 12.7. The molecule has 0 bridgehead atoms. The van der Waals surface area contributed by atoms with Crippen molar-refractivity contribution in [1.29, 1.82) is 0 Å². The fraction of sp³-hybridized carbons (Fsp3) is 0.222. The molecule has 0 saturated heterocycles. The van der Waals surface area contributed by atoms with Crippen molar-refractivity contribution in [2.75, 3.05) is 0 Å². The van der Waals surface area contributed by atoms with Gasteiger partial charge in [-0.25, -0.2) is 13.1 Å². The van der Waals surface area contributed by atoms with Crippen LogP contribution in [0.2, 0.25) is 0 Å². The Labute approximate surface area is 112 Å². The van der Waals surface area contributed by atoms with Crippen molar-refractivity contribution in [3.8, 4) is 0 Å². The molecule has 2 rings (SSSR count). The lowest BCUT2D eigenvalue weighted by molar-refractivity contribution is 0.563. The molecule has 2 heterocycles. The van der Waals surface area contributed by atoms with Crippen LogP contribution in [0, 0.1) is 0 Å². The topological polar surface area (TPSA) is 64.0 Å². The van der Waals surface area contributed by atoms with Crippen LogP contribution in [0.25, 0.3) is 0 Å². The van der Waals surface area contributed by atoms with Gasteiger partial charge in [0.2, 0.25) is 0 Å². The maximum Gasteiger partial charge on any atom is 0.258 e. The Morgan fingerprint density at radius 2 is 2.24 bits per heavy atom. The van der Waals surface area contributed by atoms with E-state index < -0.39 is 10.0 Å². The minimum atomic E-state index is -3.49. The molecule has 0 aliphatic carbocycles. The maximum absolute atomic E-state index is 11.9. The predicted octanol–water partition coefficient (Wildman–Crippen LogP) is 1.72. The molecule has 0 unspecified atom stereocenters. The molecule has 5 nitrogen and oxygen atoms in total. The molecule has 0 spiro atoms. The summed E-state index contributed by atoms with van der Waals surface area (Å²) < 4.78 is 28.7. The number of hydrogen-bond acceptors (Lipinski definition) is 4. The fourth-order valence-corrected chi connectivity index (χ4v) is 3.95. The van der Waals surface area contributed by atoms with Crippen LogP contribution in [0.1, 0.15) is 4.88 Å². The van der Waals surface area contributed by atoms with E-state index in [1.165, 1.54) is 28.3 Å². The summed E-state index contributed by atoms with van der Waals surface area (Å²) in [7, 11) is -1.90. The Kier molecular flexibility index (Phi) is 3.67. The Morgan fingerprint density at radius 3 is 2.76 bits per heavy atom. The first-order valence-corrected chi connectivity index (χ1v) is 7.80. The van der Waals surface area contributed by atoms with Crippen LogP contribution in [0.3, 0.4) is 0 Å². The maximum atomic E-state index is 11.9. The second kappa shape index (κ2) is 4.89. The molecule has 1 N–H and O–H groups in total. The molecular weight excluding hydrogens is 326 g/mol. The summed E-state index contributed by atoms with van der Waals surface area (Å²) in [5, 5.41) is 3.99. The zero-order chi connectivity index (χ0) is 12.5. The lowest BCUT2D eigenvalue weighted by Crippen LogP contribution is -2.24. The molecule has 0 aliphatic rings. The van der Waals surface area contributed by atoms with E-state index >= 15 is 0 Å². The molecule has 2 aromatic rings. The quantitative estimate of drug-likeness (QED) is 0.925. The highest BCUT2D eigenvalue weighted by Crippen LogP contribution is 2.22. The van der Waals surface area contributed by atoms with Crippen LogP contribution in [-0.4, -0.2) is 18.2 Å². The second-order valence-electron chi connectivity index (χ2n) is 3.32. The number of rotatable bonds is 4. The van der Waals surface area contributed by atoms with E-state index in [0.717, 1.165) is 8.66 Å². The molecule has 0 aromatic carbocycles. The molecule has 0 radical (unpaired) electrons. The van der Waals surface area contributed by atoms with Crippen molar-refractivity contribution in [2.45, 2.75) is 11.6 Å². The largest absolute Gasteiger partial charge is 0.258 e. The molecule has 0 amide bonds. The zero-order valence-corrected chi connectivity index (χ0v) is 12.1. The van der Waals surface area contributed by atoms with Gasteiger partial charge in [0.05, 0.1) is 9.98 Å². The lowest BCUT2D eigenvalue weighted by Gasteiger charge is -2.05. The van der Waals surface area contributed by atoms with Crippen molar-refractivity contribution in [3.05, 3.63) is 33.1 Å². The Bertz CT molecular complexity index is 618. The van der Waals surface area contributed by atoms with Crippen molar-refractivity contribution >= 4 is 37.3 Å². The van der Waals surface area contributed by atoms with Crippen LogP contribution < -0.4 is 4.72 Å². The van der Waals surface area contributed by atoms with E-state index in [1.807, 2.05) is 12.1 Å². The number of nitrogens with zero attached hydrogens (tertiary/aromatic N) is 2. The molecule has 0 atom stereocenters. The SMILES string of the molecule is Cn1nccc1S(=O)(=O)NCc1ccc(Br)s1. The number of nitrogens with one attached hydrogen (secondary N) is 1. The minimum Gasteiger partial charge on any atom is -0.256 e. The van der Waals surface area contributed by atoms with Gasteiger partial charge in [0.25, 0.3) is 10.0 Å². The predicted molar refractivity (Wildman–Crippen MR) is 69.3 cm³/mol. The van der Waals surface area contributed by atoms with E-state index in [0.29, 0.717) is 0 Å². The highest BCUT2D eigenvalue weighted by atomic mass is 79.9. The third-order valence-electron chi connectivity index (χ3n) is 2.12. The second-order valence-corrected chi connectivity index (χ2v) is 7.58. The van der Waals surface area contributed by atoms with Crippen LogP contribution in [-0.2, 0) is 23.6 Å². The summed E-state index contributed by atoms with van der Waals surface area (Å²) in [6.45, 7) is 0.282. The smallest absolute Gasteiger partial charge is 0.256 e. The molecule has 8 heteroatoms. The number of aryl methyl sites for hydroxylation is 1. The molecular formula is C9H10BrN3O2S2. The summed E-state index contributed by atoms with van der Waals surface area (Å²) in [6, 6.07) is 5.23. The average Bonchev–Trinajstić information content (AvgIpc) is 2.85. The van der Waals surface area contributed by atoms with Crippen LogP contribution in [0.4, 0.5) is 0 Å². The minimum absolute atomic E-state index is 0.160. The van der Waals surface area contributed by atoms with E-state index in [9.17, 15) is 8.42 Å². The van der Waals surface area contributed by atoms with Crippen molar-refractivity contribution in [1.82, 2.24) is 14.5 Å². The van der Waals surface area contributed by atoms with Gasteiger partial charge in [0.15, 0.2) is 5.03 Å². The molecule has 92 valence electrons. The molecule has 2 aromatic heterocycles. The number of sulfonamides is 1. The Balaban J connectivity index is 2.11. The monoisotopic (exact) mass is 335 g/mol. The zero-order valence-electron chi connectivity index (χ0n) is 8.92. The number of hydrogen-bond donors (Lipinski definition) is 1. The van der Waals surface area contributed by atoms with E-state index in [1.54, 1.807) is 7.05 Å². The van der Waals surface area contributed by atoms with Crippen LogP contribution >= 0.6 is 27.3 Å². The van der Waals surface area contributed by atoms with Gasteiger partial charge in [-0.05, 0) is 34.1 Å². The van der Waals surface area contributed by atoms with Crippen LogP contribution in [0.5, 0.6) is 0 Å². The number of thiophene rings is 1. The van der Waals surface area contributed by atoms with Gasteiger partial charge in [0, 0.05) is 18.5 Å².